The molecule has 0 radical (unpaired) electrons. The van der Waals surface area contributed by atoms with E-state index in [-0.39, 0.29) is 12.6 Å². The fraction of sp³-hybridized carbons (Fsp3) is 0.900. The molecule has 0 aromatic heterocycles. The van der Waals surface area contributed by atoms with E-state index in [1.165, 1.54) is 0 Å². The third-order valence-corrected chi connectivity index (χ3v) is 2.14. The lowest BCUT2D eigenvalue weighted by atomic mass is 9.91. The molecular formula is C10H19FO3. The molecule has 0 aromatic rings. The van der Waals surface area contributed by atoms with Gasteiger partial charge in [0, 0.05) is 0 Å². The van der Waals surface area contributed by atoms with Crippen molar-refractivity contribution in [2.45, 2.75) is 40.4 Å². The fourth-order valence-corrected chi connectivity index (χ4v) is 0.699. The number of ether oxygens (including phenoxy) is 2. The van der Waals surface area contributed by atoms with Crippen molar-refractivity contribution in [1.82, 2.24) is 0 Å². The third kappa shape index (κ3) is 4.56. The van der Waals surface area contributed by atoms with Crippen LogP contribution in [0.15, 0.2) is 0 Å². The molecule has 4 heteroatoms. The maximum absolute atomic E-state index is 11.7. The minimum Gasteiger partial charge on any atom is -0.436 e. The molecule has 0 aliphatic heterocycles. The minimum absolute atomic E-state index is 0.0407. The Morgan fingerprint density at radius 1 is 1.50 bits per heavy atom. The van der Waals surface area contributed by atoms with Crippen LogP contribution in [0.2, 0.25) is 0 Å². The Hall–Kier alpha value is -0.640. The molecular weight excluding hydrogens is 187 g/mol. The van der Waals surface area contributed by atoms with E-state index in [1.807, 2.05) is 6.92 Å². The number of esters is 1. The number of rotatable bonds is 6. The van der Waals surface area contributed by atoms with E-state index in [9.17, 15) is 9.18 Å². The second kappa shape index (κ2) is 5.96. The van der Waals surface area contributed by atoms with Gasteiger partial charge in [-0.3, -0.25) is 4.79 Å². The van der Waals surface area contributed by atoms with Crippen LogP contribution in [0.4, 0.5) is 4.39 Å². The number of carbonyl (C=O) groups excluding carboxylic acids is 1. The van der Waals surface area contributed by atoms with Crippen molar-refractivity contribution < 1.29 is 18.7 Å². The summed E-state index contributed by atoms with van der Waals surface area (Å²) in [6.07, 6.45) is 0.0193. The predicted molar refractivity (Wildman–Crippen MR) is 51.6 cm³/mol. The number of hydrogen-bond acceptors (Lipinski definition) is 3. The molecule has 0 aromatic carbocycles. The van der Waals surface area contributed by atoms with Crippen molar-refractivity contribution in [1.29, 1.82) is 0 Å². The van der Waals surface area contributed by atoms with Crippen molar-refractivity contribution >= 4 is 5.97 Å². The van der Waals surface area contributed by atoms with Gasteiger partial charge in [-0.15, -0.1) is 0 Å². The summed E-state index contributed by atoms with van der Waals surface area (Å²) < 4.78 is 21.6. The van der Waals surface area contributed by atoms with Gasteiger partial charge in [0.2, 0.25) is 0 Å². The highest BCUT2D eigenvalue weighted by Gasteiger charge is 2.28. The molecule has 1 atom stereocenters. The van der Waals surface area contributed by atoms with Crippen LogP contribution in [-0.2, 0) is 14.3 Å². The Morgan fingerprint density at radius 2 is 2.07 bits per heavy atom. The monoisotopic (exact) mass is 206 g/mol. The van der Waals surface area contributed by atoms with Crippen LogP contribution in [0.1, 0.15) is 34.1 Å². The van der Waals surface area contributed by atoms with Crippen LogP contribution in [0.5, 0.6) is 0 Å². The van der Waals surface area contributed by atoms with Gasteiger partial charge in [0.25, 0.3) is 0 Å². The smallest absolute Gasteiger partial charge is 0.313 e. The lowest BCUT2D eigenvalue weighted by molar-refractivity contribution is -0.185. The lowest BCUT2D eigenvalue weighted by Gasteiger charge is -2.23. The maximum atomic E-state index is 11.7. The van der Waals surface area contributed by atoms with E-state index in [0.29, 0.717) is 6.42 Å². The zero-order valence-electron chi connectivity index (χ0n) is 9.30. The molecule has 1 unspecified atom stereocenters. The summed E-state index contributed by atoms with van der Waals surface area (Å²) in [5.41, 5.74) is -0.507. The van der Waals surface area contributed by atoms with Crippen molar-refractivity contribution in [2.24, 2.45) is 5.41 Å². The first-order chi connectivity index (χ1) is 6.44. The number of halogens is 1. The molecule has 0 saturated carbocycles. The van der Waals surface area contributed by atoms with Crippen LogP contribution in [0.25, 0.3) is 0 Å². The molecule has 0 saturated heterocycles. The Labute approximate surface area is 84.6 Å². The highest BCUT2D eigenvalue weighted by atomic mass is 19.1. The molecule has 14 heavy (non-hydrogen) atoms. The largest absolute Gasteiger partial charge is 0.436 e. The van der Waals surface area contributed by atoms with Crippen molar-refractivity contribution in [3.05, 3.63) is 0 Å². The molecule has 3 nitrogen and oxygen atoms in total. The van der Waals surface area contributed by atoms with E-state index in [4.69, 9.17) is 9.47 Å². The average molecular weight is 206 g/mol. The Kier molecular flexibility index (Phi) is 5.69. The van der Waals surface area contributed by atoms with E-state index >= 15 is 0 Å². The van der Waals surface area contributed by atoms with Gasteiger partial charge in [-0.1, -0.05) is 6.92 Å². The summed E-state index contributed by atoms with van der Waals surface area (Å²) in [5, 5.41) is 0. The van der Waals surface area contributed by atoms with Gasteiger partial charge in [0.1, 0.15) is 6.67 Å². The number of hydrogen-bond donors (Lipinski definition) is 0. The molecule has 0 aliphatic rings. The third-order valence-electron chi connectivity index (χ3n) is 2.14. The van der Waals surface area contributed by atoms with Gasteiger partial charge in [-0.2, -0.15) is 0 Å². The molecule has 84 valence electrons. The summed E-state index contributed by atoms with van der Waals surface area (Å²) in [4.78, 5) is 11.5. The average Bonchev–Trinajstić information content (AvgIpc) is 2.14. The fourth-order valence-electron chi connectivity index (χ4n) is 0.699. The summed E-state index contributed by atoms with van der Waals surface area (Å²) in [7, 11) is 0. The van der Waals surface area contributed by atoms with E-state index in [0.717, 1.165) is 0 Å². The molecule has 0 N–H and O–H groups in total. The highest BCUT2D eigenvalue weighted by Crippen LogP contribution is 2.22. The van der Waals surface area contributed by atoms with E-state index in [2.05, 4.69) is 0 Å². The van der Waals surface area contributed by atoms with Gasteiger partial charge in [-0.05, 0) is 27.2 Å². The van der Waals surface area contributed by atoms with Crippen LogP contribution in [-0.4, -0.2) is 25.5 Å². The Bertz CT molecular complexity index is 180. The SMILES string of the molecule is CCC(C)(C)C(=O)OC(C)OCCF. The topological polar surface area (TPSA) is 35.5 Å². The standard InChI is InChI=1S/C10H19FO3/c1-5-10(3,4)9(12)14-8(2)13-7-6-11/h8H,5-7H2,1-4H3. The van der Waals surface area contributed by atoms with Gasteiger partial charge < -0.3 is 9.47 Å². The summed E-state index contributed by atoms with van der Waals surface area (Å²) >= 11 is 0. The molecule has 0 fully saturated rings. The first kappa shape index (κ1) is 13.4. The van der Waals surface area contributed by atoms with Gasteiger partial charge in [0.05, 0.1) is 12.0 Å². The zero-order chi connectivity index (χ0) is 11.2. The molecule has 0 aliphatic carbocycles. The van der Waals surface area contributed by atoms with Gasteiger partial charge >= 0.3 is 5.97 Å². The molecule has 0 heterocycles. The maximum Gasteiger partial charge on any atom is 0.313 e. The van der Waals surface area contributed by atoms with Crippen LogP contribution in [0, 0.1) is 5.41 Å². The molecule has 0 spiro atoms. The van der Waals surface area contributed by atoms with Crippen LogP contribution < -0.4 is 0 Å². The van der Waals surface area contributed by atoms with Crippen molar-refractivity contribution in [3.8, 4) is 0 Å². The van der Waals surface area contributed by atoms with Gasteiger partial charge in [-0.25, -0.2) is 4.39 Å². The Morgan fingerprint density at radius 3 is 2.50 bits per heavy atom. The zero-order valence-corrected chi connectivity index (χ0v) is 9.30. The molecule has 0 amide bonds. The summed E-state index contributed by atoms with van der Waals surface area (Å²) in [6.45, 7) is 6.49. The van der Waals surface area contributed by atoms with Crippen LogP contribution >= 0.6 is 0 Å². The predicted octanol–water partition coefficient (Wildman–Crippen LogP) is 2.30. The van der Waals surface area contributed by atoms with E-state index < -0.39 is 18.4 Å². The number of alkyl halides is 1. The van der Waals surface area contributed by atoms with Gasteiger partial charge in [0.15, 0.2) is 6.29 Å². The summed E-state index contributed by atoms with van der Waals surface area (Å²) in [5.74, 6) is -0.314. The number of carbonyl (C=O) groups is 1. The van der Waals surface area contributed by atoms with Crippen molar-refractivity contribution in [3.63, 3.8) is 0 Å². The summed E-state index contributed by atoms with van der Waals surface area (Å²) in [6, 6.07) is 0. The molecule has 0 rings (SSSR count). The molecule has 0 bridgehead atoms. The van der Waals surface area contributed by atoms with E-state index in [1.54, 1.807) is 20.8 Å². The Balaban J connectivity index is 3.93. The minimum atomic E-state index is -0.677. The lowest BCUT2D eigenvalue weighted by Crippen LogP contribution is -2.30. The second-order valence-electron chi connectivity index (χ2n) is 3.77. The second-order valence-corrected chi connectivity index (χ2v) is 3.77. The normalized spacial score (nSPS) is 13.8. The first-order valence-electron chi connectivity index (χ1n) is 4.82. The quantitative estimate of drug-likeness (QED) is 0.494. The first-order valence-corrected chi connectivity index (χ1v) is 4.82. The highest BCUT2D eigenvalue weighted by molar-refractivity contribution is 5.75. The van der Waals surface area contributed by atoms with Crippen molar-refractivity contribution in [2.75, 3.05) is 13.3 Å². The van der Waals surface area contributed by atoms with Crippen LogP contribution in [0.3, 0.4) is 0 Å².